The lowest BCUT2D eigenvalue weighted by Crippen LogP contribution is -2.38. The molecule has 0 saturated carbocycles. The average molecular weight is 998 g/mol. The number of nitrogens with zero attached hydrogens (tertiary/aromatic N) is 2. The Morgan fingerprint density at radius 2 is 1.15 bits per heavy atom. The van der Waals surface area contributed by atoms with Gasteiger partial charge in [0.15, 0.2) is 12.3 Å². The highest BCUT2D eigenvalue weighted by molar-refractivity contribution is 7.86. The van der Waals surface area contributed by atoms with Gasteiger partial charge in [-0.05, 0) is 104 Å². The van der Waals surface area contributed by atoms with E-state index in [-0.39, 0.29) is 32.2 Å². The number of fused-ring (bicyclic) bond motifs is 4. The van der Waals surface area contributed by atoms with Crippen molar-refractivity contribution < 1.29 is 35.2 Å². The molecular formula is C59H53N2O7S3+. The van der Waals surface area contributed by atoms with Crippen molar-refractivity contribution in [2.45, 2.75) is 56.1 Å². The number of aromatic nitrogens is 1. The highest BCUT2D eigenvalue weighted by Crippen LogP contribution is 2.43. The Labute approximate surface area is 419 Å². The predicted molar refractivity (Wildman–Crippen MR) is 289 cm³/mol. The fourth-order valence-electron chi connectivity index (χ4n) is 9.75. The molecule has 0 amide bonds. The molecule has 9 nitrogen and oxygen atoms in total. The zero-order valence-electron chi connectivity index (χ0n) is 39.1. The van der Waals surface area contributed by atoms with Crippen LogP contribution in [0.4, 0.5) is 5.69 Å². The number of rotatable bonds is 17. The van der Waals surface area contributed by atoms with E-state index in [4.69, 9.17) is 4.74 Å². The molecule has 2 heterocycles. The molecule has 1 aromatic heterocycles. The molecule has 0 spiro atoms. The third-order valence-corrected chi connectivity index (χ3v) is 17.1. The summed E-state index contributed by atoms with van der Waals surface area (Å²) in [5.41, 5.74) is 8.38. The van der Waals surface area contributed by atoms with E-state index in [9.17, 15) is 25.9 Å². The Morgan fingerprint density at radius 1 is 0.620 bits per heavy atom. The molecule has 2 N–H and O–H groups in total. The van der Waals surface area contributed by atoms with E-state index in [1.165, 1.54) is 0 Å². The number of thiazole rings is 1. The van der Waals surface area contributed by atoms with Gasteiger partial charge in [-0.25, -0.2) is 0 Å². The van der Waals surface area contributed by atoms with Crippen molar-refractivity contribution in [1.82, 2.24) is 0 Å². The third-order valence-electron chi connectivity index (χ3n) is 13.5. The predicted octanol–water partition coefficient (Wildman–Crippen LogP) is 13.1. The van der Waals surface area contributed by atoms with Crippen molar-refractivity contribution in [2.24, 2.45) is 0 Å². The molecule has 12 heteroatoms. The number of ether oxygens (including phenoxy) is 1. The maximum absolute atomic E-state index is 13.2. The molecule has 1 aliphatic heterocycles. The van der Waals surface area contributed by atoms with Crippen LogP contribution in [0.1, 0.15) is 42.3 Å². The van der Waals surface area contributed by atoms with Gasteiger partial charge in [-0.15, -0.1) is 0 Å². The Kier molecular flexibility index (Phi) is 13.7. The van der Waals surface area contributed by atoms with Crippen molar-refractivity contribution in [3.05, 3.63) is 216 Å². The fraction of sp³-hybridized carbons (Fsp3) is 0.169. The van der Waals surface area contributed by atoms with E-state index in [0.29, 0.717) is 24.6 Å². The molecule has 0 aliphatic carbocycles. The van der Waals surface area contributed by atoms with Crippen LogP contribution in [0.2, 0.25) is 0 Å². The minimum absolute atomic E-state index is 0.108. The van der Waals surface area contributed by atoms with Crippen LogP contribution in [0.3, 0.4) is 0 Å². The highest BCUT2D eigenvalue weighted by Gasteiger charge is 2.32. The zero-order valence-corrected chi connectivity index (χ0v) is 41.6. The van der Waals surface area contributed by atoms with Crippen LogP contribution in [0.15, 0.2) is 200 Å². The second-order valence-corrected chi connectivity index (χ2v) is 22.5. The van der Waals surface area contributed by atoms with Crippen LogP contribution in [-0.4, -0.2) is 43.0 Å². The number of benzene rings is 8. The molecule has 0 bridgehead atoms. The van der Waals surface area contributed by atoms with Crippen LogP contribution in [0.25, 0.3) is 60.1 Å². The maximum atomic E-state index is 13.2. The first-order valence-corrected chi connectivity index (χ1v) is 27.7. The van der Waals surface area contributed by atoms with E-state index < -0.39 is 30.7 Å². The van der Waals surface area contributed by atoms with E-state index in [2.05, 4.69) is 54.0 Å². The average Bonchev–Trinajstić information content (AvgIpc) is 3.91. The van der Waals surface area contributed by atoms with E-state index in [1.54, 1.807) is 11.3 Å². The summed E-state index contributed by atoms with van der Waals surface area (Å²) in [6.45, 7) is 2.59. The van der Waals surface area contributed by atoms with Gasteiger partial charge in [0, 0.05) is 31.2 Å². The number of allylic oxidation sites excluding steroid dienone is 2. The third kappa shape index (κ3) is 10.6. The summed E-state index contributed by atoms with van der Waals surface area (Å²) in [6, 6.07) is 59.9. The van der Waals surface area contributed by atoms with Gasteiger partial charge < -0.3 is 9.64 Å². The van der Waals surface area contributed by atoms with Gasteiger partial charge in [-0.3, -0.25) is 9.11 Å². The molecule has 358 valence electrons. The summed E-state index contributed by atoms with van der Waals surface area (Å²) in [5.74, 6) is 1.13. The molecule has 2 unspecified atom stereocenters. The van der Waals surface area contributed by atoms with Crippen LogP contribution < -0.4 is 14.2 Å². The standard InChI is InChI=1S/C59H52N2O7S3/c1-2-41(35-58-60(54-39-46(27-29-56(54)68-58)42-15-5-3-6-16-42)33-31-50(70(62,63)64)37-48-23-13-21-44-19-9-11-25-52(44)48)36-59-61(55-40-47(28-30-57(55)69-59)43-17-7-4-8-18-43)34-32-51(71(65,66)67)38-49-24-14-22-45-20-10-12-26-53(45)49/h3-30,35-36,39-40,50-51H,2,31-34,37-38H2,1H3,(H-,62,63,64,65,66,67)/p+1. The maximum Gasteiger partial charge on any atom is 0.268 e. The Balaban J connectivity index is 1.03. The monoisotopic (exact) mass is 997 g/mol. The SMILES string of the molecule is CCC(=Cc1sc2ccc(-c3ccccc3)cc2[n+]1CCC(Cc1cccc2ccccc12)S(=O)(=O)O)C=C1Oc2ccc(-c3ccccc3)cc2N1CCC(Cc1cccc2ccccc12)S(=O)(=O)O. The number of anilines is 1. The molecule has 71 heavy (non-hydrogen) atoms. The summed E-state index contributed by atoms with van der Waals surface area (Å²) >= 11 is 1.60. The quantitative estimate of drug-likeness (QED) is 0.0682. The minimum atomic E-state index is -4.48. The van der Waals surface area contributed by atoms with Gasteiger partial charge in [0.1, 0.15) is 4.70 Å². The molecule has 9 aromatic rings. The van der Waals surface area contributed by atoms with Crippen molar-refractivity contribution in [1.29, 1.82) is 0 Å². The zero-order chi connectivity index (χ0) is 49.1. The molecule has 1 aliphatic rings. The van der Waals surface area contributed by atoms with E-state index in [0.717, 1.165) is 81.4 Å². The summed E-state index contributed by atoms with van der Waals surface area (Å²) in [4.78, 5) is 2.00. The van der Waals surface area contributed by atoms with Gasteiger partial charge in [0.05, 0.1) is 16.2 Å². The lowest BCUT2D eigenvalue weighted by Gasteiger charge is -2.22. The lowest BCUT2D eigenvalue weighted by molar-refractivity contribution is -0.669. The highest BCUT2D eigenvalue weighted by atomic mass is 32.2. The normalized spacial score (nSPS) is 14.5. The Bertz CT molecular complexity index is 3690. The molecule has 0 fully saturated rings. The first kappa shape index (κ1) is 47.7. The van der Waals surface area contributed by atoms with Crippen molar-refractivity contribution in [2.75, 3.05) is 11.4 Å². The Hall–Kier alpha value is -6.93. The van der Waals surface area contributed by atoms with Crippen LogP contribution in [-0.2, 0) is 39.6 Å². The Morgan fingerprint density at radius 3 is 1.75 bits per heavy atom. The van der Waals surface area contributed by atoms with Crippen molar-refractivity contribution in [3.8, 4) is 28.0 Å². The van der Waals surface area contributed by atoms with Crippen LogP contribution >= 0.6 is 11.3 Å². The van der Waals surface area contributed by atoms with Gasteiger partial charge in [0.2, 0.25) is 11.4 Å². The molecule has 0 saturated heterocycles. The molecule has 0 radical (unpaired) electrons. The van der Waals surface area contributed by atoms with Crippen molar-refractivity contribution >= 4 is 75.1 Å². The first-order chi connectivity index (χ1) is 34.4. The number of hydrogen-bond donors (Lipinski definition) is 2. The summed E-state index contributed by atoms with van der Waals surface area (Å²) in [7, 11) is -8.94. The van der Waals surface area contributed by atoms with Crippen molar-refractivity contribution in [3.63, 3.8) is 0 Å². The largest absolute Gasteiger partial charge is 0.439 e. The molecule has 8 aromatic carbocycles. The first-order valence-electron chi connectivity index (χ1n) is 23.8. The summed E-state index contributed by atoms with van der Waals surface area (Å²) in [6.07, 6.45) is 5.23. The van der Waals surface area contributed by atoms with Crippen LogP contribution in [0, 0.1) is 0 Å². The van der Waals surface area contributed by atoms with E-state index in [1.807, 2.05) is 157 Å². The van der Waals surface area contributed by atoms with E-state index >= 15 is 0 Å². The smallest absolute Gasteiger partial charge is 0.268 e. The number of aryl methyl sites for hydroxylation is 1. The summed E-state index contributed by atoms with van der Waals surface area (Å²) < 4.78 is 84.2. The topological polar surface area (TPSA) is 125 Å². The lowest BCUT2D eigenvalue weighted by atomic mass is 10.00. The fourth-order valence-corrected chi connectivity index (χ4v) is 12.5. The van der Waals surface area contributed by atoms with Gasteiger partial charge in [-0.1, -0.05) is 176 Å². The molecule has 2 atom stereocenters. The molecule has 10 rings (SSSR count). The molecular weight excluding hydrogens is 945 g/mol. The van der Waals surface area contributed by atoms with Crippen LogP contribution in [0.5, 0.6) is 5.75 Å². The van der Waals surface area contributed by atoms with Gasteiger partial charge >= 0.3 is 0 Å². The second kappa shape index (κ2) is 20.4. The van der Waals surface area contributed by atoms with Gasteiger partial charge in [-0.2, -0.15) is 21.4 Å². The van der Waals surface area contributed by atoms with Gasteiger partial charge in [0.25, 0.3) is 25.2 Å². The summed E-state index contributed by atoms with van der Waals surface area (Å²) in [5, 5.41) is 2.61. The number of hydrogen-bond acceptors (Lipinski definition) is 7. The second-order valence-electron chi connectivity index (χ2n) is 18.0. The minimum Gasteiger partial charge on any atom is -0.439 e.